The first-order valence-electron chi connectivity index (χ1n) is 8.99. The summed E-state index contributed by atoms with van der Waals surface area (Å²) in [7, 11) is 0. The molecule has 0 atom stereocenters. The van der Waals surface area contributed by atoms with Crippen LogP contribution in [0, 0.1) is 24.0 Å². The Hall–Kier alpha value is -2.76. The van der Waals surface area contributed by atoms with Crippen molar-refractivity contribution >= 4 is 11.6 Å². The van der Waals surface area contributed by atoms with E-state index in [1.807, 2.05) is 19.1 Å². The lowest BCUT2D eigenvalue weighted by atomic mass is 9.96. The second-order valence-corrected chi connectivity index (χ2v) is 6.89. The van der Waals surface area contributed by atoms with Crippen LogP contribution in [0.4, 0.5) is 5.69 Å². The largest absolute Gasteiger partial charge is 0.285 e. The van der Waals surface area contributed by atoms with Gasteiger partial charge in [-0.25, -0.2) is 0 Å². The molecule has 0 N–H and O–H groups in total. The van der Waals surface area contributed by atoms with Crippen LogP contribution in [-0.4, -0.2) is 21.4 Å². The van der Waals surface area contributed by atoms with E-state index in [0.717, 1.165) is 31.2 Å². The normalized spacial score (nSPS) is 15.8. The Labute approximate surface area is 152 Å². The number of nitro benzene ring substituents is 1. The quantitative estimate of drug-likeness (QED) is 0.619. The molecule has 0 unspecified atom stereocenters. The van der Waals surface area contributed by atoms with Gasteiger partial charge in [-0.2, -0.15) is 0 Å². The van der Waals surface area contributed by atoms with E-state index in [9.17, 15) is 14.9 Å². The predicted molar refractivity (Wildman–Crippen MR) is 99.2 cm³/mol. The first-order chi connectivity index (χ1) is 12.5. The van der Waals surface area contributed by atoms with E-state index in [1.54, 1.807) is 25.3 Å². The van der Waals surface area contributed by atoms with Crippen molar-refractivity contribution < 1.29 is 9.72 Å². The molecule has 1 fully saturated rings. The lowest BCUT2D eigenvalue weighted by Gasteiger charge is -2.18. The first-order valence-corrected chi connectivity index (χ1v) is 8.99. The van der Waals surface area contributed by atoms with E-state index >= 15 is 0 Å². The maximum atomic E-state index is 13.1. The lowest BCUT2D eigenvalue weighted by molar-refractivity contribution is -0.385. The fourth-order valence-corrected chi connectivity index (χ4v) is 3.46. The third-order valence-electron chi connectivity index (χ3n) is 4.85. The van der Waals surface area contributed by atoms with Crippen LogP contribution in [0.25, 0.3) is 0 Å². The van der Waals surface area contributed by atoms with Crippen LogP contribution in [0.1, 0.15) is 53.6 Å². The van der Waals surface area contributed by atoms with Gasteiger partial charge in [0.15, 0.2) is 0 Å². The van der Waals surface area contributed by atoms with E-state index in [0.29, 0.717) is 11.1 Å². The van der Waals surface area contributed by atoms with Crippen molar-refractivity contribution in [2.45, 2.75) is 52.0 Å². The fourth-order valence-electron chi connectivity index (χ4n) is 3.46. The van der Waals surface area contributed by atoms with Crippen LogP contribution in [-0.2, 0) is 0 Å². The number of aryl methyl sites for hydroxylation is 2. The number of hydrogen-bond acceptors (Lipinski definition) is 4. The number of rotatable bonds is 3. The molecule has 26 heavy (non-hydrogen) atoms. The number of benzene rings is 1. The lowest BCUT2D eigenvalue weighted by Crippen LogP contribution is -2.30. The molecule has 1 heterocycles. The van der Waals surface area contributed by atoms with E-state index < -0.39 is 10.8 Å². The van der Waals surface area contributed by atoms with Gasteiger partial charge in [0.25, 0.3) is 11.6 Å². The average molecular weight is 353 g/mol. The van der Waals surface area contributed by atoms with Crippen LogP contribution >= 0.6 is 0 Å². The molecular weight excluding hydrogens is 330 g/mol. The van der Waals surface area contributed by atoms with Crippen LogP contribution in [0.2, 0.25) is 0 Å². The number of pyridine rings is 1. The smallest absolute Gasteiger partial charge is 0.268 e. The number of nitro groups is 1. The zero-order valence-corrected chi connectivity index (χ0v) is 15.1. The Balaban J connectivity index is 2.10. The molecule has 1 aromatic carbocycles. The standard InChI is InChI=1S/C20H23N3O3/c1-14-11-12-22(18(13-14)21-16-8-4-3-5-9-16)20(24)17-10-6-7-15(2)19(17)23(25)26/h6-7,10-13,16H,3-5,8-9H2,1-2H3. The number of carbonyl (C=O) groups is 1. The molecular formula is C20H23N3O3. The van der Waals surface area contributed by atoms with Crippen molar-refractivity contribution in [2.24, 2.45) is 4.99 Å². The van der Waals surface area contributed by atoms with Crippen LogP contribution < -0.4 is 5.49 Å². The highest BCUT2D eigenvalue weighted by Gasteiger charge is 2.24. The zero-order chi connectivity index (χ0) is 18.7. The van der Waals surface area contributed by atoms with Gasteiger partial charge in [0.2, 0.25) is 0 Å². The van der Waals surface area contributed by atoms with Gasteiger partial charge in [-0.05, 0) is 50.5 Å². The monoisotopic (exact) mass is 353 g/mol. The Morgan fingerprint density at radius 2 is 1.92 bits per heavy atom. The molecule has 6 heteroatoms. The molecule has 1 aromatic heterocycles. The molecule has 0 aliphatic heterocycles. The molecule has 0 amide bonds. The van der Waals surface area contributed by atoms with Gasteiger partial charge < -0.3 is 0 Å². The molecule has 0 bridgehead atoms. The molecule has 6 nitrogen and oxygen atoms in total. The van der Waals surface area contributed by atoms with Gasteiger partial charge in [0.1, 0.15) is 11.1 Å². The Bertz CT molecular complexity index is 909. The van der Waals surface area contributed by atoms with E-state index in [2.05, 4.69) is 0 Å². The highest BCUT2D eigenvalue weighted by atomic mass is 16.6. The maximum absolute atomic E-state index is 13.1. The molecule has 0 radical (unpaired) electrons. The summed E-state index contributed by atoms with van der Waals surface area (Å²) in [6.45, 7) is 3.59. The molecule has 3 rings (SSSR count). The van der Waals surface area contributed by atoms with Crippen molar-refractivity contribution in [3.63, 3.8) is 0 Å². The van der Waals surface area contributed by atoms with Gasteiger partial charge in [0, 0.05) is 11.8 Å². The SMILES string of the molecule is Cc1ccn(C(=O)c2cccc(C)c2[N+](=O)[O-])c(=NC2CCCCC2)c1. The Morgan fingerprint density at radius 3 is 2.62 bits per heavy atom. The maximum Gasteiger partial charge on any atom is 0.285 e. The molecule has 0 saturated heterocycles. The summed E-state index contributed by atoms with van der Waals surface area (Å²) in [5, 5.41) is 11.5. The van der Waals surface area contributed by atoms with E-state index in [1.165, 1.54) is 17.1 Å². The van der Waals surface area contributed by atoms with Gasteiger partial charge in [0.05, 0.1) is 11.0 Å². The minimum absolute atomic E-state index is 0.0870. The molecule has 0 spiro atoms. The second kappa shape index (κ2) is 7.64. The van der Waals surface area contributed by atoms with Crippen LogP contribution in [0.5, 0.6) is 0 Å². The molecule has 1 aliphatic carbocycles. The van der Waals surface area contributed by atoms with E-state index in [4.69, 9.17) is 4.99 Å². The fraction of sp³-hybridized carbons (Fsp3) is 0.400. The van der Waals surface area contributed by atoms with Crippen molar-refractivity contribution in [1.29, 1.82) is 0 Å². The minimum atomic E-state index is -0.491. The third-order valence-corrected chi connectivity index (χ3v) is 4.85. The summed E-state index contributed by atoms with van der Waals surface area (Å²) in [6, 6.07) is 8.71. The molecule has 136 valence electrons. The zero-order valence-electron chi connectivity index (χ0n) is 15.1. The number of aromatic nitrogens is 1. The number of carbonyl (C=O) groups excluding carboxylic acids is 1. The molecule has 1 saturated carbocycles. The summed E-state index contributed by atoms with van der Waals surface area (Å²) in [5.74, 6) is -0.421. The second-order valence-electron chi connectivity index (χ2n) is 6.89. The summed E-state index contributed by atoms with van der Waals surface area (Å²) >= 11 is 0. The topological polar surface area (TPSA) is 77.5 Å². The number of hydrogen-bond donors (Lipinski definition) is 0. The van der Waals surface area contributed by atoms with E-state index in [-0.39, 0.29) is 17.3 Å². The molecule has 2 aromatic rings. The van der Waals surface area contributed by atoms with Gasteiger partial charge in [-0.3, -0.25) is 24.5 Å². The van der Waals surface area contributed by atoms with Gasteiger partial charge in [-0.1, -0.05) is 31.4 Å². The van der Waals surface area contributed by atoms with Crippen molar-refractivity contribution in [2.75, 3.05) is 0 Å². The Kier molecular flexibility index (Phi) is 5.30. The average Bonchev–Trinajstić information content (AvgIpc) is 2.61. The molecule has 1 aliphatic rings. The van der Waals surface area contributed by atoms with Crippen molar-refractivity contribution in [3.8, 4) is 0 Å². The highest BCUT2D eigenvalue weighted by molar-refractivity contribution is 6.00. The van der Waals surface area contributed by atoms with Crippen LogP contribution in [0.15, 0.2) is 41.5 Å². The number of para-hydroxylation sites is 1. The predicted octanol–water partition coefficient (Wildman–Crippen LogP) is 3.94. The number of nitrogens with zero attached hydrogens (tertiary/aromatic N) is 3. The first kappa shape index (κ1) is 18.0. The highest BCUT2D eigenvalue weighted by Crippen LogP contribution is 2.24. The summed E-state index contributed by atoms with van der Waals surface area (Å²) in [5.41, 5.74) is 1.98. The summed E-state index contributed by atoms with van der Waals surface area (Å²) < 4.78 is 1.43. The third kappa shape index (κ3) is 3.74. The van der Waals surface area contributed by atoms with Crippen molar-refractivity contribution in [3.05, 3.63) is 68.8 Å². The Morgan fingerprint density at radius 1 is 1.19 bits per heavy atom. The summed E-state index contributed by atoms with van der Waals surface area (Å²) in [6.07, 6.45) is 7.23. The van der Waals surface area contributed by atoms with Gasteiger partial charge >= 0.3 is 0 Å². The van der Waals surface area contributed by atoms with Crippen molar-refractivity contribution in [1.82, 2.24) is 4.57 Å². The minimum Gasteiger partial charge on any atom is -0.268 e. The van der Waals surface area contributed by atoms with Crippen LogP contribution in [0.3, 0.4) is 0 Å². The van der Waals surface area contributed by atoms with Gasteiger partial charge in [-0.15, -0.1) is 0 Å². The summed E-state index contributed by atoms with van der Waals surface area (Å²) in [4.78, 5) is 28.9.